The van der Waals surface area contributed by atoms with Crippen molar-refractivity contribution in [2.45, 2.75) is 38.6 Å². The Hall–Kier alpha value is -1.35. The molecule has 2 aliphatic rings. The molecule has 3 nitrogen and oxygen atoms in total. The zero-order chi connectivity index (χ0) is 13.9. The molecule has 1 amide bonds. The largest absolute Gasteiger partial charge is 0.354 e. The number of nitrogens with zero attached hydrogens (tertiary/aromatic N) is 1. The molecule has 1 unspecified atom stereocenters. The summed E-state index contributed by atoms with van der Waals surface area (Å²) in [4.78, 5) is 14.4. The molecular formula is C17H24N2O. The lowest BCUT2D eigenvalue weighted by molar-refractivity contribution is -0.122. The van der Waals surface area contributed by atoms with Crippen molar-refractivity contribution in [3.8, 4) is 0 Å². The van der Waals surface area contributed by atoms with Gasteiger partial charge >= 0.3 is 0 Å². The van der Waals surface area contributed by atoms with E-state index in [1.54, 1.807) is 0 Å². The second-order valence-electron chi connectivity index (χ2n) is 6.19. The molecule has 1 heterocycles. The van der Waals surface area contributed by atoms with Crippen LogP contribution in [-0.4, -0.2) is 30.4 Å². The number of nitrogens with one attached hydrogen (secondary N) is 1. The lowest BCUT2D eigenvalue weighted by Crippen LogP contribution is -2.37. The highest BCUT2D eigenvalue weighted by Crippen LogP contribution is 2.29. The van der Waals surface area contributed by atoms with Crippen LogP contribution in [0.25, 0.3) is 0 Å². The first kappa shape index (κ1) is 13.6. The Bertz CT molecular complexity index is 458. The Labute approximate surface area is 121 Å². The minimum Gasteiger partial charge on any atom is -0.354 e. The lowest BCUT2D eigenvalue weighted by atomic mass is 10.0. The van der Waals surface area contributed by atoms with Crippen LogP contribution in [-0.2, 0) is 4.79 Å². The van der Waals surface area contributed by atoms with Crippen molar-refractivity contribution in [3.63, 3.8) is 0 Å². The van der Waals surface area contributed by atoms with Crippen LogP contribution in [0.15, 0.2) is 24.3 Å². The van der Waals surface area contributed by atoms with Crippen molar-refractivity contribution < 1.29 is 4.79 Å². The third-order valence-electron chi connectivity index (χ3n) is 4.46. The van der Waals surface area contributed by atoms with Crippen LogP contribution in [0.2, 0.25) is 0 Å². The summed E-state index contributed by atoms with van der Waals surface area (Å²) in [5, 5.41) is 3.15. The van der Waals surface area contributed by atoms with Crippen LogP contribution in [0.1, 0.15) is 42.9 Å². The van der Waals surface area contributed by atoms with Crippen molar-refractivity contribution in [1.82, 2.24) is 10.2 Å². The Kier molecular flexibility index (Phi) is 4.06. The van der Waals surface area contributed by atoms with Gasteiger partial charge in [0.05, 0.1) is 6.04 Å². The van der Waals surface area contributed by atoms with Gasteiger partial charge in [0.25, 0.3) is 0 Å². The minimum absolute atomic E-state index is 0.251. The first-order valence-electron chi connectivity index (χ1n) is 7.82. The number of aryl methyl sites for hydroxylation is 1. The number of hydrogen-bond acceptors (Lipinski definition) is 2. The van der Waals surface area contributed by atoms with Crippen LogP contribution in [0.4, 0.5) is 0 Å². The van der Waals surface area contributed by atoms with E-state index in [1.165, 1.54) is 24.0 Å². The molecule has 0 aromatic heterocycles. The third kappa shape index (κ3) is 3.21. The SMILES string of the molecule is Cc1ccc(C(CNC(=O)C2CC2)N2CCCC2)cc1. The smallest absolute Gasteiger partial charge is 0.223 e. The number of hydrogen-bond donors (Lipinski definition) is 1. The highest BCUT2D eigenvalue weighted by molar-refractivity contribution is 5.80. The molecule has 108 valence electrons. The first-order valence-corrected chi connectivity index (χ1v) is 7.82. The van der Waals surface area contributed by atoms with E-state index in [0.717, 1.165) is 32.5 Å². The molecule has 0 radical (unpaired) electrons. The molecule has 1 N–H and O–H groups in total. The zero-order valence-corrected chi connectivity index (χ0v) is 12.3. The van der Waals surface area contributed by atoms with Crippen LogP contribution in [0.5, 0.6) is 0 Å². The van der Waals surface area contributed by atoms with Gasteiger partial charge in [-0.15, -0.1) is 0 Å². The standard InChI is InChI=1S/C17H24N2O/c1-13-4-6-14(7-5-13)16(19-10-2-3-11-19)12-18-17(20)15-8-9-15/h4-7,15-16H,2-3,8-12H2,1H3,(H,18,20). The highest BCUT2D eigenvalue weighted by Gasteiger charge is 2.31. The Balaban J connectivity index is 1.68. The van der Waals surface area contributed by atoms with Gasteiger partial charge in [0.2, 0.25) is 5.91 Å². The summed E-state index contributed by atoms with van der Waals surface area (Å²) < 4.78 is 0. The zero-order valence-electron chi connectivity index (χ0n) is 12.3. The van der Waals surface area contributed by atoms with Crippen molar-refractivity contribution in [3.05, 3.63) is 35.4 Å². The molecule has 3 heteroatoms. The second-order valence-corrected chi connectivity index (χ2v) is 6.19. The van der Waals surface area contributed by atoms with Crippen LogP contribution in [0.3, 0.4) is 0 Å². The Morgan fingerprint density at radius 1 is 1.25 bits per heavy atom. The number of carbonyl (C=O) groups excluding carboxylic acids is 1. The van der Waals surface area contributed by atoms with Crippen molar-refractivity contribution in [2.24, 2.45) is 5.92 Å². The summed E-state index contributed by atoms with van der Waals surface area (Å²) in [7, 11) is 0. The van der Waals surface area contributed by atoms with E-state index in [0.29, 0.717) is 12.0 Å². The molecule has 1 atom stereocenters. The molecule has 1 aliphatic carbocycles. The summed E-state index contributed by atoms with van der Waals surface area (Å²) >= 11 is 0. The number of carbonyl (C=O) groups is 1. The fourth-order valence-corrected chi connectivity index (χ4v) is 2.99. The van der Waals surface area contributed by atoms with Crippen LogP contribution < -0.4 is 5.32 Å². The number of rotatable bonds is 5. The highest BCUT2D eigenvalue weighted by atomic mass is 16.2. The molecule has 1 aliphatic heterocycles. The average Bonchev–Trinajstić information content (AvgIpc) is 3.18. The number of benzene rings is 1. The van der Waals surface area contributed by atoms with E-state index in [4.69, 9.17) is 0 Å². The maximum Gasteiger partial charge on any atom is 0.223 e. The molecule has 3 rings (SSSR count). The van der Waals surface area contributed by atoms with Gasteiger partial charge in [-0.25, -0.2) is 0 Å². The Morgan fingerprint density at radius 2 is 1.90 bits per heavy atom. The molecule has 1 saturated carbocycles. The molecule has 1 aromatic rings. The van der Waals surface area contributed by atoms with E-state index in [1.807, 2.05) is 0 Å². The normalized spacial score (nSPS) is 20.9. The molecule has 1 saturated heterocycles. The first-order chi connectivity index (χ1) is 9.74. The number of amides is 1. The molecule has 2 fully saturated rings. The average molecular weight is 272 g/mol. The minimum atomic E-state index is 0.251. The maximum absolute atomic E-state index is 11.9. The van der Waals surface area contributed by atoms with Gasteiger partial charge in [0.1, 0.15) is 0 Å². The molecule has 0 spiro atoms. The second kappa shape index (κ2) is 5.96. The summed E-state index contributed by atoms with van der Waals surface area (Å²) in [5.41, 5.74) is 2.62. The molecule has 1 aromatic carbocycles. The van der Waals surface area contributed by atoms with Gasteiger partial charge in [-0.3, -0.25) is 9.69 Å². The van der Waals surface area contributed by atoms with E-state index >= 15 is 0 Å². The van der Waals surface area contributed by atoms with E-state index < -0.39 is 0 Å². The van der Waals surface area contributed by atoms with Crippen molar-refractivity contribution >= 4 is 5.91 Å². The molecule has 0 bridgehead atoms. The molecular weight excluding hydrogens is 248 g/mol. The third-order valence-corrected chi connectivity index (χ3v) is 4.46. The summed E-state index contributed by atoms with van der Waals surface area (Å²) in [6, 6.07) is 9.09. The summed E-state index contributed by atoms with van der Waals surface area (Å²) in [6.45, 7) is 5.16. The lowest BCUT2D eigenvalue weighted by Gasteiger charge is -2.28. The quantitative estimate of drug-likeness (QED) is 0.893. The van der Waals surface area contributed by atoms with Gasteiger partial charge in [0, 0.05) is 12.5 Å². The van der Waals surface area contributed by atoms with E-state index in [2.05, 4.69) is 41.4 Å². The van der Waals surface area contributed by atoms with Crippen LogP contribution in [0, 0.1) is 12.8 Å². The number of likely N-dealkylation sites (tertiary alicyclic amines) is 1. The fourth-order valence-electron chi connectivity index (χ4n) is 2.99. The predicted molar refractivity (Wildman–Crippen MR) is 80.5 cm³/mol. The van der Waals surface area contributed by atoms with Gasteiger partial charge in [-0.05, 0) is 51.3 Å². The van der Waals surface area contributed by atoms with Gasteiger partial charge < -0.3 is 5.32 Å². The maximum atomic E-state index is 11.9. The van der Waals surface area contributed by atoms with E-state index in [-0.39, 0.29) is 5.91 Å². The van der Waals surface area contributed by atoms with E-state index in [9.17, 15) is 4.79 Å². The summed E-state index contributed by atoms with van der Waals surface area (Å²) in [5.74, 6) is 0.550. The summed E-state index contributed by atoms with van der Waals surface area (Å²) in [6.07, 6.45) is 4.70. The Morgan fingerprint density at radius 3 is 2.50 bits per heavy atom. The fraction of sp³-hybridized carbons (Fsp3) is 0.588. The monoisotopic (exact) mass is 272 g/mol. The van der Waals surface area contributed by atoms with Crippen molar-refractivity contribution in [1.29, 1.82) is 0 Å². The van der Waals surface area contributed by atoms with Gasteiger partial charge in [-0.2, -0.15) is 0 Å². The predicted octanol–water partition coefficient (Wildman–Crippen LogP) is 2.66. The van der Waals surface area contributed by atoms with Crippen LogP contribution >= 0.6 is 0 Å². The van der Waals surface area contributed by atoms with Gasteiger partial charge in [0.15, 0.2) is 0 Å². The van der Waals surface area contributed by atoms with Crippen molar-refractivity contribution in [2.75, 3.05) is 19.6 Å². The molecule has 20 heavy (non-hydrogen) atoms. The topological polar surface area (TPSA) is 32.3 Å². The van der Waals surface area contributed by atoms with Gasteiger partial charge in [-0.1, -0.05) is 29.8 Å².